The maximum Gasteiger partial charge on any atom is 0.433 e. The number of pyridine rings is 1. The predicted molar refractivity (Wildman–Crippen MR) is 58.8 cm³/mol. The van der Waals surface area contributed by atoms with Gasteiger partial charge >= 0.3 is 6.18 Å². The number of aromatic nitrogens is 1. The van der Waals surface area contributed by atoms with Crippen molar-refractivity contribution in [3.8, 4) is 0 Å². The molecule has 17 heavy (non-hydrogen) atoms. The largest absolute Gasteiger partial charge is 0.433 e. The van der Waals surface area contributed by atoms with E-state index in [9.17, 15) is 13.2 Å². The van der Waals surface area contributed by atoms with Crippen LogP contribution in [-0.2, 0) is 6.18 Å². The summed E-state index contributed by atoms with van der Waals surface area (Å²) in [6.07, 6.45) is -1.18. The molecule has 1 aromatic heterocycles. The van der Waals surface area contributed by atoms with Crippen molar-refractivity contribution in [3.05, 3.63) is 24.0 Å². The Hall–Kier alpha value is -1.30. The van der Waals surface area contributed by atoms with E-state index in [1.165, 1.54) is 12.3 Å². The van der Waals surface area contributed by atoms with Crippen LogP contribution >= 0.6 is 0 Å². The van der Waals surface area contributed by atoms with Gasteiger partial charge in [0, 0.05) is 6.04 Å². The van der Waals surface area contributed by atoms with E-state index in [2.05, 4.69) is 15.6 Å². The summed E-state index contributed by atoms with van der Waals surface area (Å²) in [7, 11) is 0. The highest BCUT2D eigenvalue weighted by molar-refractivity contribution is 5.42. The minimum atomic E-state index is -4.37. The Kier molecular flexibility index (Phi) is 3.51. The van der Waals surface area contributed by atoms with E-state index in [4.69, 9.17) is 0 Å². The summed E-state index contributed by atoms with van der Waals surface area (Å²) in [5, 5.41) is 6.41. The van der Waals surface area contributed by atoms with Crippen LogP contribution in [0.25, 0.3) is 0 Å². The Bertz CT molecular complexity index is 355. The van der Waals surface area contributed by atoms with Crippen LogP contribution < -0.4 is 10.6 Å². The van der Waals surface area contributed by atoms with E-state index in [-0.39, 0.29) is 0 Å². The van der Waals surface area contributed by atoms with Crippen molar-refractivity contribution in [2.45, 2.75) is 25.1 Å². The molecule has 0 unspecified atom stereocenters. The Morgan fingerprint density at radius 3 is 2.47 bits per heavy atom. The first-order valence-corrected chi connectivity index (χ1v) is 5.56. The SMILES string of the molecule is FC(F)(F)c1ccc(NC2CCNCC2)cn1. The molecule has 0 amide bonds. The first-order chi connectivity index (χ1) is 8.05. The van der Waals surface area contributed by atoms with Gasteiger partial charge in [0.05, 0.1) is 11.9 Å². The van der Waals surface area contributed by atoms with E-state index in [1.807, 2.05) is 0 Å². The summed E-state index contributed by atoms with van der Waals surface area (Å²) in [6, 6.07) is 2.75. The molecule has 1 saturated heterocycles. The third kappa shape index (κ3) is 3.33. The maximum atomic E-state index is 12.3. The Morgan fingerprint density at radius 2 is 1.94 bits per heavy atom. The van der Waals surface area contributed by atoms with Gasteiger partial charge in [-0.3, -0.25) is 0 Å². The van der Waals surface area contributed by atoms with Crippen LogP contribution in [0.2, 0.25) is 0 Å². The fourth-order valence-corrected chi connectivity index (χ4v) is 1.85. The Balaban J connectivity index is 1.98. The molecule has 2 heterocycles. The maximum absolute atomic E-state index is 12.3. The lowest BCUT2D eigenvalue weighted by Crippen LogP contribution is -2.35. The van der Waals surface area contributed by atoms with Gasteiger partial charge in [-0.1, -0.05) is 0 Å². The molecule has 6 heteroatoms. The molecule has 0 atom stereocenters. The summed E-state index contributed by atoms with van der Waals surface area (Å²) in [6.45, 7) is 1.87. The van der Waals surface area contributed by atoms with Crippen LogP contribution in [0.5, 0.6) is 0 Å². The molecular formula is C11H14F3N3. The fraction of sp³-hybridized carbons (Fsp3) is 0.545. The normalized spacial score (nSPS) is 18.1. The van der Waals surface area contributed by atoms with Crippen LogP contribution in [0.4, 0.5) is 18.9 Å². The Labute approximate surface area is 97.4 Å². The molecule has 2 N–H and O–H groups in total. The highest BCUT2D eigenvalue weighted by atomic mass is 19.4. The summed E-state index contributed by atoms with van der Waals surface area (Å²) in [5.41, 5.74) is -0.210. The molecule has 0 aliphatic carbocycles. The fourth-order valence-electron chi connectivity index (χ4n) is 1.85. The van der Waals surface area contributed by atoms with Crippen LogP contribution in [0.15, 0.2) is 18.3 Å². The second-order valence-corrected chi connectivity index (χ2v) is 4.10. The van der Waals surface area contributed by atoms with Gasteiger partial charge in [-0.05, 0) is 38.1 Å². The Morgan fingerprint density at radius 1 is 1.24 bits per heavy atom. The zero-order valence-electron chi connectivity index (χ0n) is 9.22. The first kappa shape index (κ1) is 12.2. The molecule has 1 aliphatic rings. The van der Waals surface area contributed by atoms with Gasteiger partial charge in [-0.15, -0.1) is 0 Å². The lowest BCUT2D eigenvalue weighted by molar-refractivity contribution is -0.141. The van der Waals surface area contributed by atoms with Crippen molar-refractivity contribution >= 4 is 5.69 Å². The molecule has 94 valence electrons. The lowest BCUT2D eigenvalue weighted by Gasteiger charge is -2.24. The van der Waals surface area contributed by atoms with E-state index in [0.29, 0.717) is 11.7 Å². The zero-order chi connectivity index (χ0) is 12.3. The minimum Gasteiger partial charge on any atom is -0.381 e. The number of hydrogen-bond acceptors (Lipinski definition) is 3. The van der Waals surface area contributed by atoms with Crippen molar-refractivity contribution in [1.29, 1.82) is 0 Å². The number of nitrogens with zero attached hydrogens (tertiary/aromatic N) is 1. The lowest BCUT2D eigenvalue weighted by atomic mass is 10.1. The zero-order valence-corrected chi connectivity index (χ0v) is 9.22. The molecule has 1 fully saturated rings. The summed E-state index contributed by atoms with van der Waals surface area (Å²) in [5.74, 6) is 0. The highest BCUT2D eigenvalue weighted by Crippen LogP contribution is 2.28. The minimum absolute atomic E-state index is 0.315. The predicted octanol–water partition coefficient (Wildman–Crippen LogP) is 2.26. The van der Waals surface area contributed by atoms with Gasteiger partial charge in [-0.25, -0.2) is 4.98 Å². The number of rotatable bonds is 2. The number of alkyl halides is 3. The molecule has 1 aromatic rings. The third-order valence-electron chi connectivity index (χ3n) is 2.76. The summed E-state index contributed by atoms with van der Waals surface area (Å²) in [4.78, 5) is 3.41. The molecule has 0 aromatic carbocycles. The van der Waals surface area contributed by atoms with Crippen LogP contribution in [0.1, 0.15) is 18.5 Å². The van der Waals surface area contributed by atoms with Crippen molar-refractivity contribution in [2.24, 2.45) is 0 Å². The first-order valence-electron chi connectivity index (χ1n) is 5.56. The van der Waals surface area contributed by atoms with E-state index in [1.54, 1.807) is 0 Å². The average molecular weight is 245 g/mol. The van der Waals surface area contributed by atoms with Crippen LogP contribution in [0.3, 0.4) is 0 Å². The molecule has 0 saturated carbocycles. The van der Waals surface area contributed by atoms with E-state index < -0.39 is 11.9 Å². The second-order valence-electron chi connectivity index (χ2n) is 4.10. The second kappa shape index (κ2) is 4.91. The number of hydrogen-bond donors (Lipinski definition) is 2. The number of piperidine rings is 1. The number of halogens is 3. The molecule has 0 radical (unpaired) electrons. The molecule has 3 nitrogen and oxygen atoms in total. The van der Waals surface area contributed by atoms with E-state index >= 15 is 0 Å². The van der Waals surface area contributed by atoms with Gasteiger partial charge in [-0.2, -0.15) is 13.2 Å². The van der Waals surface area contributed by atoms with Gasteiger partial charge in [0.15, 0.2) is 0 Å². The monoisotopic (exact) mass is 245 g/mol. The molecule has 1 aliphatic heterocycles. The molecule has 0 spiro atoms. The van der Waals surface area contributed by atoms with Crippen LogP contribution in [0, 0.1) is 0 Å². The van der Waals surface area contributed by atoms with Gasteiger partial charge in [0.1, 0.15) is 5.69 Å². The van der Waals surface area contributed by atoms with Crippen molar-refractivity contribution in [2.75, 3.05) is 18.4 Å². The van der Waals surface area contributed by atoms with Crippen molar-refractivity contribution in [3.63, 3.8) is 0 Å². The summed E-state index contributed by atoms with van der Waals surface area (Å²) >= 11 is 0. The topological polar surface area (TPSA) is 37.0 Å². The third-order valence-corrected chi connectivity index (χ3v) is 2.76. The highest BCUT2D eigenvalue weighted by Gasteiger charge is 2.32. The van der Waals surface area contributed by atoms with Crippen molar-refractivity contribution < 1.29 is 13.2 Å². The van der Waals surface area contributed by atoms with E-state index in [0.717, 1.165) is 32.0 Å². The average Bonchev–Trinajstić information content (AvgIpc) is 2.30. The molecular weight excluding hydrogens is 231 g/mol. The van der Waals surface area contributed by atoms with Crippen molar-refractivity contribution in [1.82, 2.24) is 10.3 Å². The van der Waals surface area contributed by atoms with Crippen LogP contribution in [-0.4, -0.2) is 24.1 Å². The molecule has 2 rings (SSSR count). The molecule has 0 bridgehead atoms. The number of anilines is 1. The smallest absolute Gasteiger partial charge is 0.381 e. The standard InChI is InChI=1S/C11H14F3N3/c12-11(13,14)10-2-1-9(7-16-10)17-8-3-5-15-6-4-8/h1-2,7-8,15,17H,3-6H2. The summed E-state index contributed by atoms with van der Waals surface area (Å²) < 4.78 is 36.9. The van der Waals surface area contributed by atoms with Gasteiger partial charge in [0.25, 0.3) is 0 Å². The number of nitrogens with one attached hydrogen (secondary N) is 2. The van der Waals surface area contributed by atoms with Gasteiger partial charge < -0.3 is 10.6 Å². The van der Waals surface area contributed by atoms with Gasteiger partial charge in [0.2, 0.25) is 0 Å². The quantitative estimate of drug-likeness (QED) is 0.839.